The number of anilines is 1. The van der Waals surface area contributed by atoms with Crippen molar-refractivity contribution in [1.29, 1.82) is 0 Å². The van der Waals surface area contributed by atoms with E-state index in [0.29, 0.717) is 16.3 Å². The number of hydrogen-bond donors (Lipinski definition) is 2. The zero-order valence-electron chi connectivity index (χ0n) is 8.93. The Balaban J connectivity index is 2.60. The van der Waals surface area contributed by atoms with Gasteiger partial charge in [0, 0.05) is 0 Å². The monoisotopic (exact) mass is 238 g/mol. The van der Waals surface area contributed by atoms with Gasteiger partial charge < -0.3 is 10.6 Å². The highest BCUT2D eigenvalue weighted by Crippen LogP contribution is 2.30. The number of amides is 2. The topological polar surface area (TPSA) is 58.2 Å². The average molecular weight is 239 g/mol. The molecule has 0 spiro atoms. The van der Waals surface area contributed by atoms with Gasteiger partial charge in [0.05, 0.1) is 16.3 Å². The molecule has 4 nitrogen and oxygen atoms in total. The van der Waals surface area contributed by atoms with Crippen LogP contribution in [0.5, 0.6) is 0 Å². The van der Waals surface area contributed by atoms with Gasteiger partial charge in [0.25, 0.3) is 5.91 Å². The largest absolute Gasteiger partial charge is 0.340 e. The lowest BCUT2D eigenvalue weighted by Crippen LogP contribution is -2.38. The molecule has 5 heteroatoms. The fourth-order valence-corrected chi connectivity index (χ4v) is 1.78. The highest BCUT2D eigenvalue weighted by atomic mass is 35.5. The summed E-state index contributed by atoms with van der Waals surface area (Å²) in [5.41, 5.74) is 1.62. The molecule has 0 aromatic heterocycles. The van der Waals surface area contributed by atoms with Crippen LogP contribution in [0.4, 0.5) is 5.69 Å². The third-order valence-electron chi connectivity index (χ3n) is 2.57. The van der Waals surface area contributed by atoms with Gasteiger partial charge in [0.2, 0.25) is 5.91 Å². The molecule has 16 heavy (non-hydrogen) atoms. The molecule has 1 atom stereocenters. The Kier molecular flexibility index (Phi) is 2.59. The van der Waals surface area contributed by atoms with Crippen molar-refractivity contribution in [1.82, 2.24) is 5.32 Å². The van der Waals surface area contributed by atoms with Crippen LogP contribution in [0.1, 0.15) is 22.8 Å². The number of fused-ring (bicyclic) bond motifs is 1. The second kappa shape index (κ2) is 3.79. The fraction of sp³-hybridized carbons (Fsp3) is 0.273. The Bertz CT molecular complexity index is 485. The van der Waals surface area contributed by atoms with Gasteiger partial charge in [-0.05, 0) is 25.5 Å². The summed E-state index contributed by atoms with van der Waals surface area (Å²) in [7, 11) is 0. The maximum absolute atomic E-state index is 11.8. The summed E-state index contributed by atoms with van der Waals surface area (Å²) in [4.78, 5) is 23.4. The summed E-state index contributed by atoms with van der Waals surface area (Å²) in [5, 5.41) is 5.65. The van der Waals surface area contributed by atoms with E-state index in [1.807, 2.05) is 6.92 Å². The van der Waals surface area contributed by atoms with Gasteiger partial charge in [-0.1, -0.05) is 17.7 Å². The normalized spacial score (nSPS) is 19.6. The van der Waals surface area contributed by atoms with Gasteiger partial charge in [0.15, 0.2) is 0 Å². The highest BCUT2D eigenvalue weighted by molar-refractivity contribution is 6.35. The zero-order chi connectivity index (χ0) is 11.9. The van der Waals surface area contributed by atoms with Crippen molar-refractivity contribution >= 4 is 29.1 Å². The molecule has 1 aromatic carbocycles. The van der Waals surface area contributed by atoms with E-state index in [0.717, 1.165) is 5.56 Å². The lowest BCUT2D eigenvalue weighted by molar-refractivity contribution is -0.117. The average Bonchev–Trinajstić information content (AvgIpc) is 2.33. The van der Waals surface area contributed by atoms with E-state index in [9.17, 15) is 9.59 Å². The molecular weight excluding hydrogens is 228 g/mol. The summed E-state index contributed by atoms with van der Waals surface area (Å²) in [5.74, 6) is -0.553. The van der Waals surface area contributed by atoms with Crippen molar-refractivity contribution in [3.63, 3.8) is 0 Å². The maximum Gasteiger partial charge on any atom is 0.254 e. The first-order valence-corrected chi connectivity index (χ1v) is 5.29. The van der Waals surface area contributed by atoms with E-state index in [2.05, 4.69) is 10.6 Å². The summed E-state index contributed by atoms with van der Waals surface area (Å²) < 4.78 is 0. The Morgan fingerprint density at radius 3 is 2.69 bits per heavy atom. The van der Waals surface area contributed by atoms with Crippen LogP contribution in [0.2, 0.25) is 5.02 Å². The standard InChI is InChI=1S/C11H11ClN2O2/c1-5-3-4-7-9(8(5)12)14-10(15)6(2)13-11(7)16/h3-4,6H,1-2H3,(H,13,16)(H,14,15). The first-order valence-electron chi connectivity index (χ1n) is 4.91. The van der Waals surface area contributed by atoms with Crippen LogP contribution >= 0.6 is 11.6 Å². The first-order chi connectivity index (χ1) is 7.50. The summed E-state index contributed by atoms with van der Waals surface area (Å²) >= 11 is 6.07. The third-order valence-corrected chi connectivity index (χ3v) is 3.06. The molecule has 0 bridgehead atoms. The minimum atomic E-state index is -0.559. The summed E-state index contributed by atoms with van der Waals surface area (Å²) in [6.45, 7) is 3.45. The number of carbonyl (C=O) groups is 2. The van der Waals surface area contributed by atoms with Crippen molar-refractivity contribution in [2.24, 2.45) is 0 Å². The molecule has 0 saturated heterocycles. The second-order valence-electron chi connectivity index (χ2n) is 3.80. The van der Waals surface area contributed by atoms with Crippen LogP contribution in [-0.4, -0.2) is 17.9 Å². The smallest absolute Gasteiger partial charge is 0.254 e. The van der Waals surface area contributed by atoms with E-state index in [1.54, 1.807) is 19.1 Å². The number of carbonyl (C=O) groups excluding carboxylic acids is 2. The van der Waals surface area contributed by atoms with Crippen LogP contribution < -0.4 is 10.6 Å². The summed E-state index contributed by atoms with van der Waals surface area (Å²) in [6, 6.07) is 2.85. The van der Waals surface area contributed by atoms with E-state index in [4.69, 9.17) is 11.6 Å². The predicted octanol–water partition coefficient (Wildman–Crippen LogP) is 1.72. The molecule has 0 saturated carbocycles. The van der Waals surface area contributed by atoms with Gasteiger partial charge in [-0.3, -0.25) is 9.59 Å². The van der Waals surface area contributed by atoms with Crippen LogP contribution in [0, 0.1) is 6.92 Å². The summed E-state index contributed by atoms with van der Waals surface area (Å²) in [6.07, 6.45) is 0. The minimum Gasteiger partial charge on any atom is -0.340 e. The molecule has 2 N–H and O–H groups in total. The molecule has 1 heterocycles. The SMILES string of the molecule is Cc1ccc2c(c1Cl)NC(=O)C(C)NC2=O. The third kappa shape index (κ3) is 1.65. The van der Waals surface area contributed by atoms with Crippen molar-refractivity contribution < 1.29 is 9.59 Å². The molecule has 0 radical (unpaired) electrons. The predicted molar refractivity (Wildman–Crippen MR) is 61.7 cm³/mol. The Labute approximate surface area is 98.0 Å². The molecule has 1 aliphatic heterocycles. The van der Waals surface area contributed by atoms with E-state index in [1.165, 1.54) is 0 Å². The Morgan fingerprint density at radius 1 is 1.31 bits per heavy atom. The quantitative estimate of drug-likeness (QED) is 0.723. The molecule has 2 rings (SSSR count). The Hall–Kier alpha value is -1.55. The van der Waals surface area contributed by atoms with E-state index in [-0.39, 0.29) is 11.8 Å². The number of halogens is 1. The highest BCUT2D eigenvalue weighted by Gasteiger charge is 2.26. The van der Waals surface area contributed by atoms with Gasteiger partial charge in [-0.2, -0.15) is 0 Å². The Morgan fingerprint density at radius 2 is 2.00 bits per heavy atom. The number of benzene rings is 1. The lowest BCUT2D eigenvalue weighted by Gasteiger charge is -2.09. The number of aryl methyl sites for hydroxylation is 1. The van der Waals surface area contributed by atoms with Crippen LogP contribution in [-0.2, 0) is 4.79 Å². The minimum absolute atomic E-state index is 0.264. The van der Waals surface area contributed by atoms with Gasteiger partial charge in [-0.25, -0.2) is 0 Å². The number of hydrogen-bond acceptors (Lipinski definition) is 2. The number of nitrogens with one attached hydrogen (secondary N) is 2. The van der Waals surface area contributed by atoms with Crippen molar-refractivity contribution in [3.8, 4) is 0 Å². The molecule has 1 unspecified atom stereocenters. The number of rotatable bonds is 0. The molecule has 84 valence electrons. The van der Waals surface area contributed by atoms with E-state index >= 15 is 0 Å². The zero-order valence-corrected chi connectivity index (χ0v) is 9.68. The maximum atomic E-state index is 11.8. The van der Waals surface area contributed by atoms with Gasteiger partial charge >= 0.3 is 0 Å². The first kappa shape index (κ1) is 11.0. The second-order valence-corrected chi connectivity index (χ2v) is 4.18. The molecule has 0 fully saturated rings. The lowest BCUT2D eigenvalue weighted by atomic mass is 10.1. The molecule has 1 aromatic rings. The van der Waals surface area contributed by atoms with Gasteiger partial charge in [0.1, 0.15) is 6.04 Å². The van der Waals surface area contributed by atoms with Crippen LogP contribution in [0.3, 0.4) is 0 Å². The van der Waals surface area contributed by atoms with E-state index < -0.39 is 6.04 Å². The van der Waals surface area contributed by atoms with Crippen molar-refractivity contribution in [2.75, 3.05) is 5.32 Å². The molecule has 1 aliphatic rings. The van der Waals surface area contributed by atoms with Crippen molar-refractivity contribution in [3.05, 3.63) is 28.3 Å². The fourth-order valence-electron chi connectivity index (χ4n) is 1.56. The van der Waals surface area contributed by atoms with Gasteiger partial charge in [-0.15, -0.1) is 0 Å². The van der Waals surface area contributed by atoms with Crippen molar-refractivity contribution in [2.45, 2.75) is 19.9 Å². The molecule has 2 amide bonds. The van der Waals surface area contributed by atoms with Crippen LogP contribution in [0.25, 0.3) is 0 Å². The molecule has 0 aliphatic carbocycles. The molecular formula is C11H11ClN2O2. The van der Waals surface area contributed by atoms with Crippen LogP contribution in [0.15, 0.2) is 12.1 Å².